The molecule has 0 saturated heterocycles. The van der Waals surface area contributed by atoms with E-state index in [2.05, 4.69) is 38.3 Å². The molecule has 7 nitrogen and oxygen atoms in total. The summed E-state index contributed by atoms with van der Waals surface area (Å²) in [6.45, 7) is 4.69. The lowest BCUT2D eigenvalue weighted by molar-refractivity contribution is -0.139. The summed E-state index contributed by atoms with van der Waals surface area (Å²) in [6, 6.07) is 15.2. The molecule has 8 heteroatoms. The highest BCUT2D eigenvalue weighted by Crippen LogP contribution is 2.40. The average Bonchev–Trinajstić information content (AvgIpc) is 3.26. The molecule has 0 radical (unpaired) electrons. The number of hydrogen-bond acceptors (Lipinski definition) is 6. The van der Waals surface area contributed by atoms with Crippen LogP contribution in [0.3, 0.4) is 0 Å². The van der Waals surface area contributed by atoms with Crippen molar-refractivity contribution in [2.24, 2.45) is 0 Å². The van der Waals surface area contributed by atoms with E-state index in [1.807, 2.05) is 55.5 Å². The Morgan fingerprint density at radius 2 is 2.03 bits per heavy atom. The first-order valence-corrected chi connectivity index (χ1v) is 11.4. The number of carbonyl (C=O) groups is 1. The summed E-state index contributed by atoms with van der Waals surface area (Å²) >= 11 is 3.56. The Balaban J connectivity index is 1.73. The van der Waals surface area contributed by atoms with Crippen molar-refractivity contribution in [2.75, 3.05) is 11.9 Å². The van der Waals surface area contributed by atoms with Crippen molar-refractivity contribution in [1.29, 1.82) is 0 Å². The van der Waals surface area contributed by atoms with E-state index >= 15 is 0 Å². The Morgan fingerprint density at radius 1 is 1.22 bits per heavy atom. The second kappa shape index (κ2) is 9.99. The predicted molar refractivity (Wildman–Crippen MR) is 125 cm³/mol. The van der Waals surface area contributed by atoms with Crippen LogP contribution in [0.4, 0.5) is 5.95 Å². The SMILES string of the molecule is CCCCOC(=O)C1=C(C)Nc2ncnn2C1c1cc(Br)ccc1OCc1ccccc1. The van der Waals surface area contributed by atoms with E-state index in [4.69, 9.17) is 9.47 Å². The molecular weight excluding hydrogens is 472 g/mol. The van der Waals surface area contributed by atoms with Crippen LogP contribution in [-0.2, 0) is 16.1 Å². The number of rotatable bonds is 8. The van der Waals surface area contributed by atoms with E-state index in [9.17, 15) is 4.79 Å². The zero-order valence-electron chi connectivity index (χ0n) is 18.0. The topological polar surface area (TPSA) is 78.3 Å². The number of nitrogens with one attached hydrogen (secondary N) is 1. The molecule has 0 spiro atoms. The normalized spacial score (nSPS) is 15.2. The van der Waals surface area contributed by atoms with Crippen molar-refractivity contribution < 1.29 is 14.3 Å². The zero-order chi connectivity index (χ0) is 22.5. The first kappa shape index (κ1) is 22.1. The fourth-order valence-electron chi connectivity index (χ4n) is 3.63. The van der Waals surface area contributed by atoms with Crippen LogP contribution in [0.15, 0.2) is 70.6 Å². The zero-order valence-corrected chi connectivity index (χ0v) is 19.6. The molecule has 1 aliphatic rings. The molecule has 32 heavy (non-hydrogen) atoms. The van der Waals surface area contributed by atoms with Gasteiger partial charge in [0.25, 0.3) is 0 Å². The molecule has 3 aromatic rings. The van der Waals surface area contributed by atoms with E-state index < -0.39 is 6.04 Å². The number of nitrogens with zero attached hydrogens (tertiary/aromatic N) is 3. The van der Waals surface area contributed by atoms with E-state index in [1.165, 1.54) is 6.33 Å². The molecule has 1 aliphatic heterocycles. The molecule has 2 heterocycles. The van der Waals surface area contributed by atoms with Crippen LogP contribution in [0.5, 0.6) is 5.75 Å². The number of unbranched alkanes of at least 4 members (excludes halogenated alkanes) is 1. The molecule has 2 aromatic carbocycles. The van der Waals surface area contributed by atoms with Crippen LogP contribution >= 0.6 is 15.9 Å². The molecule has 166 valence electrons. The third kappa shape index (κ3) is 4.70. The second-order valence-corrected chi connectivity index (χ2v) is 8.46. The van der Waals surface area contributed by atoms with Gasteiger partial charge in [-0.25, -0.2) is 9.48 Å². The maximum Gasteiger partial charge on any atom is 0.338 e. The molecule has 1 N–H and O–H groups in total. The third-order valence-electron chi connectivity index (χ3n) is 5.25. The lowest BCUT2D eigenvalue weighted by Gasteiger charge is -2.29. The summed E-state index contributed by atoms with van der Waals surface area (Å²) in [7, 11) is 0. The predicted octanol–water partition coefficient (Wildman–Crippen LogP) is 5.25. The summed E-state index contributed by atoms with van der Waals surface area (Å²) in [4.78, 5) is 17.4. The summed E-state index contributed by atoms with van der Waals surface area (Å²) in [6.07, 6.45) is 3.23. The molecule has 0 aliphatic carbocycles. The number of esters is 1. The van der Waals surface area contributed by atoms with Crippen LogP contribution in [-0.4, -0.2) is 27.3 Å². The fraction of sp³-hybridized carbons (Fsp3) is 0.292. The van der Waals surface area contributed by atoms with Gasteiger partial charge in [0, 0.05) is 15.7 Å². The highest BCUT2D eigenvalue weighted by molar-refractivity contribution is 9.10. The lowest BCUT2D eigenvalue weighted by Crippen LogP contribution is -2.30. The van der Waals surface area contributed by atoms with Crippen LogP contribution in [0.25, 0.3) is 0 Å². The van der Waals surface area contributed by atoms with Crippen LogP contribution in [0.1, 0.15) is 43.9 Å². The smallest absolute Gasteiger partial charge is 0.338 e. The molecule has 0 bridgehead atoms. The Kier molecular flexibility index (Phi) is 6.90. The Labute approximate surface area is 195 Å². The van der Waals surface area contributed by atoms with Gasteiger partial charge in [0.2, 0.25) is 5.95 Å². The van der Waals surface area contributed by atoms with Gasteiger partial charge >= 0.3 is 5.97 Å². The van der Waals surface area contributed by atoms with Gasteiger partial charge in [-0.1, -0.05) is 59.6 Å². The molecule has 0 saturated carbocycles. The van der Waals surface area contributed by atoms with Gasteiger partial charge in [-0.3, -0.25) is 0 Å². The number of carbonyl (C=O) groups excluding carboxylic acids is 1. The van der Waals surface area contributed by atoms with Crippen LogP contribution in [0, 0.1) is 0 Å². The van der Waals surface area contributed by atoms with Gasteiger partial charge in [-0.2, -0.15) is 10.1 Å². The van der Waals surface area contributed by atoms with Gasteiger partial charge in [0.15, 0.2) is 0 Å². The minimum Gasteiger partial charge on any atom is -0.489 e. The molecule has 1 unspecified atom stereocenters. The number of halogens is 1. The maximum absolute atomic E-state index is 13.1. The van der Waals surface area contributed by atoms with Crippen LogP contribution in [0.2, 0.25) is 0 Å². The highest BCUT2D eigenvalue weighted by Gasteiger charge is 2.36. The maximum atomic E-state index is 13.1. The van der Waals surface area contributed by atoms with Gasteiger partial charge < -0.3 is 14.8 Å². The number of ether oxygens (including phenoxy) is 2. The summed E-state index contributed by atoms with van der Waals surface area (Å²) < 4.78 is 14.4. The lowest BCUT2D eigenvalue weighted by atomic mass is 9.95. The molecule has 0 amide bonds. The largest absolute Gasteiger partial charge is 0.489 e. The standard InChI is InChI=1S/C24H25BrN4O3/c1-3-4-12-31-23(30)21-16(2)28-24-26-15-27-29(24)22(21)19-13-18(25)10-11-20(19)32-14-17-8-6-5-7-9-17/h5-11,13,15,22H,3-4,12,14H2,1-2H3,(H,26,27,28). The van der Waals surface area contributed by atoms with Gasteiger partial charge in [-0.05, 0) is 37.1 Å². The quantitative estimate of drug-likeness (QED) is 0.338. The van der Waals surface area contributed by atoms with E-state index in [-0.39, 0.29) is 5.97 Å². The van der Waals surface area contributed by atoms with E-state index in [1.54, 1.807) is 4.68 Å². The average molecular weight is 497 g/mol. The fourth-order valence-corrected chi connectivity index (χ4v) is 4.01. The minimum atomic E-state index is -0.536. The summed E-state index contributed by atoms with van der Waals surface area (Å²) in [5, 5.41) is 7.57. The van der Waals surface area contributed by atoms with Crippen molar-refractivity contribution in [3.8, 4) is 5.75 Å². The molecule has 4 rings (SSSR count). The van der Waals surface area contributed by atoms with E-state index in [0.29, 0.717) is 36.2 Å². The van der Waals surface area contributed by atoms with Gasteiger partial charge in [0.1, 0.15) is 24.7 Å². The Bertz CT molecular complexity index is 1130. The summed E-state index contributed by atoms with van der Waals surface area (Å²) in [5.41, 5.74) is 3.03. The molecule has 1 aromatic heterocycles. The van der Waals surface area contributed by atoms with E-state index in [0.717, 1.165) is 28.4 Å². The number of aromatic nitrogens is 3. The van der Waals surface area contributed by atoms with Gasteiger partial charge in [-0.15, -0.1) is 0 Å². The molecule has 1 atom stereocenters. The number of anilines is 1. The third-order valence-corrected chi connectivity index (χ3v) is 5.74. The molecule has 0 fully saturated rings. The Hall–Kier alpha value is -3.13. The Morgan fingerprint density at radius 3 is 2.81 bits per heavy atom. The number of allylic oxidation sites excluding steroid dienone is 1. The first-order chi connectivity index (χ1) is 15.6. The second-order valence-electron chi connectivity index (χ2n) is 7.54. The number of benzene rings is 2. The van der Waals surface area contributed by atoms with Gasteiger partial charge in [0.05, 0.1) is 12.2 Å². The monoisotopic (exact) mass is 496 g/mol. The highest BCUT2D eigenvalue weighted by atomic mass is 79.9. The summed E-state index contributed by atoms with van der Waals surface area (Å²) in [5.74, 6) is 0.854. The van der Waals surface area contributed by atoms with Crippen molar-refractivity contribution in [3.05, 3.63) is 81.7 Å². The van der Waals surface area contributed by atoms with Crippen molar-refractivity contribution >= 4 is 27.8 Å². The number of fused-ring (bicyclic) bond motifs is 1. The molecular formula is C24H25BrN4O3. The van der Waals surface area contributed by atoms with Crippen molar-refractivity contribution in [3.63, 3.8) is 0 Å². The minimum absolute atomic E-state index is 0.372. The first-order valence-electron chi connectivity index (χ1n) is 10.6. The van der Waals surface area contributed by atoms with Crippen molar-refractivity contribution in [1.82, 2.24) is 14.8 Å². The van der Waals surface area contributed by atoms with Crippen LogP contribution < -0.4 is 10.1 Å². The number of hydrogen-bond donors (Lipinski definition) is 1. The van der Waals surface area contributed by atoms with Crippen molar-refractivity contribution in [2.45, 2.75) is 39.3 Å².